The van der Waals surface area contributed by atoms with Gasteiger partial charge >= 0.3 is 0 Å². The van der Waals surface area contributed by atoms with Gasteiger partial charge in [-0.2, -0.15) is 5.10 Å². The van der Waals surface area contributed by atoms with Gasteiger partial charge < -0.3 is 11.1 Å². The molecule has 2 rings (SSSR count). The van der Waals surface area contributed by atoms with Gasteiger partial charge in [0, 0.05) is 4.90 Å². The number of hydrogen-bond acceptors (Lipinski definition) is 4. The maximum absolute atomic E-state index is 12.0. The van der Waals surface area contributed by atoms with Gasteiger partial charge in [0.1, 0.15) is 0 Å². The van der Waals surface area contributed by atoms with Crippen LogP contribution in [0.5, 0.6) is 0 Å². The smallest absolute Gasteiger partial charge is 0.278 e. The lowest BCUT2D eigenvalue weighted by molar-refractivity contribution is 0.102. The Balaban J connectivity index is 2.24. The van der Waals surface area contributed by atoms with Crippen molar-refractivity contribution in [3.05, 3.63) is 35.7 Å². The fourth-order valence-electron chi connectivity index (χ4n) is 1.54. The van der Waals surface area contributed by atoms with E-state index in [4.69, 9.17) is 5.73 Å². The second kappa shape index (κ2) is 5.14. The number of anilines is 2. The van der Waals surface area contributed by atoms with E-state index in [0.717, 1.165) is 10.6 Å². The van der Waals surface area contributed by atoms with Gasteiger partial charge in [-0.25, -0.2) is 0 Å². The molecule has 0 spiro atoms. The monoisotopic (exact) mass is 262 g/mol. The summed E-state index contributed by atoms with van der Waals surface area (Å²) in [5.41, 5.74) is 7.83. The van der Waals surface area contributed by atoms with Crippen molar-refractivity contribution in [2.24, 2.45) is 0 Å². The minimum absolute atomic E-state index is 0.225. The average Bonchev–Trinajstić information content (AvgIpc) is 2.71. The van der Waals surface area contributed by atoms with E-state index < -0.39 is 0 Å². The van der Waals surface area contributed by atoms with Gasteiger partial charge in [-0.3, -0.25) is 9.89 Å². The molecular formula is C12H14N4OS. The minimum atomic E-state index is -0.307. The average molecular weight is 262 g/mol. The van der Waals surface area contributed by atoms with Crippen LogP contribution < -0.4 is 11.1 Å². The second-order valence-corrected chi connectivity index (χ2v) is 4.61. The third kappa shape index (κ3) is 2.33. The number of thioether (sulfide) groups is 1. The van der Waals surface area contributed by atoms with E-state index in [1.165, 1.54) is 0 Å². The number of hydrogen-bond donors (Lipinski definition) is 3. The molecule has 0 saturated heterocycles. The summed E-state index contributed by atoms with van der Waals surface area (Å²) in [4.78, 5) is 13.0. The molecule has 0 radical (unpaired) electrons. The van der Waals surface area contributed by atoms with Crippen LogP contribution in [0.2, 0.25) is 0 Å². The van der Waals surface area contributed by atoms with E-state index in [0.29, 0.717) is 11.4 Å². The summed E-state index contributed by atoms with van der Waals surface area (Å²) in [6, 6.07) is 7.59. The van der Waals surface area contributed by atoms with Crippen molar-refractivity contribution in [3.63, 3.8) is 0 Å². The molecule has 0 aliphatic rings. The third-order valence-electron chi connectivity index (χ3n) is 2.56. The molecule has 0 aliphatic heterocycles. The molecule has 1 amide bonds. The molecule has 0 atom stereocenters. The van der Waals surface area contributed by atoms with Crippen LogP contribution in [0.25, 0.3) is 0 Å². The number of carbonyl (C=O) groups excluding carboxylic acids is 1. The third-order valence-corrected chi connectivity index (χ3v) is 3.36. The van der Waals surface area contributed by atoms with Crippen LogP contribution in [0, 0.1) is 6.92 Å². The molecule has 0 bridgehead atoms. The van der Waals surface area contributed by atoms with Gasteiger partial charge in [0.2, 0.25) is 0 Å². The number of aromatic amines is 1. The zero-order valence-electron chi connectivity index (χ0n) is 10.2. The summed E-state index contributed by atoms with van der Waals surface area (Å²) < 4.78 is 0. The van der Waals surface area contributed by atoms with E-state index in [-0.39, 0.29) is 11.6 Å². The molecular weight excluding hydrogens is 248 g/mol. The number of amides is 1. The molecule has 94 valence electrons. The zero-order valence-corrected chi connectivity index (χ0v) is 11.0. The molecule has 2 aromatic rings. The highest BCUT2D eigenvalue weighted by Crippen LogP contribution is 2.25. The number of H-pyrrole nitrogens is 1. The van der Waals surface area contributed by atoms with E-state index in [2.05, 4.69) is 15.5 Å². The number of carbonyl (C=O) groups is 1. The second-order valence-electron chi connectivity index (χ2n) is 3.77. The van der Waals surface area contributed by atoms with E-state index in [1.54, 1.807) is 18.7 Å². The number of nitrogens with two attached hydrogens (primary N) is 1. The number of nitrogen functional groups attached to an aromatic ring is 1. The van der Waals surface area contributed by atoms with Gasteiger partial charge in [-0.1, -0.05) is 12.1 Å². The largest absolute Gasteiger partial charge is 0.395 e. The lowest BCUT2D eigenvalue weighted by Gasteiger charge is -2.08. The molecule has 0 aliphatic carbocycles. The fraction of sp³-hybridized carbons (Fsp3) is 0.167. The van der Waals surface area contributed by atoms with Crippen molar-refractivity contribution < 1.29 is 4.79 Å². The normalized spacial score (nSPS) is 10.3. The molecule has 5 nitrogen and oxygen atoms in total. The first-order valence-corrected chi connectivity index (χ1v) is 6.60. The number of benzene rings is 1. The number of nitrogens with one attached hydrogen (secondary N) is 2. The molecule has 1 heterocycles. The summed E-state index contributed by atoms with van der Waals surface area (Å²) in [5, 5.41) is 9.40. The van der Waals surface area contributed by atoms with Crippen LogP contribution in [0.3, 0.4) is 0 Å². The summed E-state index contributed by atoms with van der Waals surface area (Å²) in [6.07, 6.45) is 1.96. The highest BCUT2D eigenvalue weighted by molar-refractivity contribution is 7.98. The van der Waals surface area contributed by atoms with Gasteiger partial charge in [-0.15, -0.1) is 11.8 Å². The van der Waals surface area contributed by atoms with Crippen LogP contribution in [0.15, 0.2) is 29.2 Å². The van der Waals surface area contributed by atoms with Crippen LogP contribution in [0.1, 0.15) is 16.2 Å². The van der Waals surface area contributed by atoms with Gasteiger partial charge in [-0.05, 0) is 25.3 Å². The Bertz CT molecular complexity index is 579. The number of rotatable bonds is 3. The van der Waals surface area contributed by atoms with E-state index in [1.807, 2.05) is 30.5 Å². The first-order valence-electron chi connectivity index (χ1n) is 5.38. The van der Waals surface area contributed by atoms with Gasteiger partial charge in [0.25, 0.3) is 5.91 Å². The van der Waals surface area contributed by atoms with Gasteiger partial charge in [0.15, 0.2) is 5.69 Å². The van der Waals surface area contributed by atoms with Crippen molar-refractivity contribution in [2.45, 2.75) is 11.8 Å². The van der Waals surface area contributed by atoms with Crippen molar-refractivity contribution in [3.8, 4) is 0 Å². The van der Waals surface area contributed by atoms with Gasteiger partial charge in [0.05, 0.1) is 17.1 Å². The fourth-order valence-corrected chi connectivity index (χ4v) is 2.09. The standard InChI is InChI=1S/C12H14N4OS/c1-7-10(13)11(16-15-7)12(17)14-8-5-3-4-6-9(8)18-2/h3-6H,13H2,1-2H3,(H,14,17)(H,15,16). The van der Waals surface area contributed by atoms with E-state index in [9.17, 15) is 4.79 Å². The maximum atomic E-state index is 12.0. The van der Waals surface area contributed by atoms with E-state index >= 15 is 0 Å². The first kappa shape index (κ1) is 12.5. The lowest BCUT2D eigenvalue weighted by atomic mass is 10.2. The van der Waals surface area contributed by atoms with Crippen LogP contribution in [-0.2, 0) is 0 Å². The lowest BCUT2D eigenvalue weighted by Crippen LogP contribution is -2.14. The quantitative estimate of drug-likeness (QED) is 0.741. The highest BCUT2D eigenvalue weighted by Gasteiger charge is 2.16. The zero-order chi connectivity index (χ0) is 13.1. The predicted octanol–water partition coefficient (Wildman–Crippen LogP) is 2.27. The molecule has 0 saturated carbocycles. The molecule has 0 fully saturated rings. The highest BCUT2D eigenvalue weighted by atomic mass is 32.2. The Kier molecular flexibility index (Phi) is 3.57. The molecule has 6 heteroatoms. The Labute approximate surface area is 109 Å². The van der Waals surface area contributed by atoms with Crippen molar-refractivity contribution in [1.82, 2.24) is 10.2 Å². The number of para-hydroxylation sites is 1. The SMILES string of the molecule is CSc1ccccc1NC(=O)c1n[nH]c(C)c1N. The minimum Gasteiger partial charge on any atom is -0.395 e. The van der Waals surface area contributed by atoms with Crippen LogP contribution in [-0.4, -0.2) is 22.4 Å². The Morgan fingerprint density at radius 2 is 2.17 bits per heavy atom. The first-order chi connectivity index (χ1) is 8.63. The topological polar surface area (TPSA) is 83.8 Å². The molecule has 18 heavy (non-hydrogen) atoms. The Hall–Kier alpha value is -1.95. The molecule has 0 unspecified atom stereocenters. The molecule has 4 N–H and O–H groups in total. The number of aromatic nitrogens is 2. The van der Waals surface area contributed by atoms with Crippen molar-refractivity contribution >= 4 is 29.0 Å². The summed E-state index contributed by atoms with van der Waals surface area (Å²) in [6.45, 7) is 1.77. The Morgan fingerprint density at radius 3 is 2.78 bits per heavy atom. The number of aryl methyl sites for hydroxylation is 1. The number of nitrogens with zero attached hydrogens (tertiary/aromatic N) is 1. The molecule has 1 aromatic carbocycles. The van der Waals surface area contributed by atoms with Crippen LogP contribution >= 0.6 is 11.8 Å². The van der Waals surface area contributed by atoms with Crippen molar-refractivity contribution in [1.29, 1.82) is 0 Å². The summed E-state index contributed by atoms with van der Waals surface area (Å²) >= 11 is 1.57. The molecule has 1 aromatic heterocycles. The van der Waals surface area contributed by atoms with Crippen LogP contribution in [0.4, 0.5) is 11.4 Å². The Morgan fingerprint density at radius 1 is 1.44 bits per heavy atom. The predicted molar refractivity (Wildman–Crippen MR) is 73.9 cm³/mol. The van der Waals surface area contributed by atoms with Crippen molar-refractivity contribution in [2.75, 3.05) is 17.3 Å². The summed E-state index contributed by atoms with van der Waals surface area (Å²) in [7, 11) is 0. The summed E-state index contributed by atoms with van der Waals surface area (Å²) in [5.74, 6) is -0.307. The maximum Gasteiger partial charge on any atom is 0.278 e.